The normalized spacial score (nSPS) is 10.8. The van der Waals surface area contributed by atoms with Crippen molar-refractivity contribution in [2.24, 2.45) is 0 Å². The Morgan fingerprint density at radius 1 is 1.20 bits per heavy atom. The molecule has 30 heavy (non-hydrogen) atoms. The van der Waals surface area contributed by atoms with Crippen molar-refractivity contribution in [2.45, 2.75) is 26.1 Å². The fourth-order valence-electron chi connectivity index (χ4n) is 2.96. The van der Waals surface area contributed by atoms with Gasteiger partial charge in [-0.3, -0.25) is 9.59 Å². The number of carbonyl (C=O) groups excluding carboxylic acids is 1. The lowest BCUT2D eigenvalue weighted by Gasteiger charge is -2.12. The number of hydrogen-bond acceptors (Lipinski definition) is 3. The first kappa shape index (κ1) is 22.8. The number of hydrogen-bond donors (Lipinski definition) is 2. The molecule has 9 heteroatoms. The second-order valence-electron chi connectivity index (χ2n) is 6.36. The molecule has 1 amide bonds. The second kappa shape index (κ2) is 9.82. The fourth-order valence-corrected chi connectivity index (χ4v) is 2.96. The van der Waals surface area contributed by atoms with Crippen molar-refractivity contribution in [3.8, 4) is 11.4 Å². The summed E-state index contributed by atoms with van der Waals surface area (Å²) >= 11 is 0. The maximum Gasteiger partial charge on any atom is 0.573 e. The fraction of sp³-hybridized carbons (Fsp3) is 0.238. The molecule has 0 unspecified atom stereocenters. The Labute approximate surface area is 170 Å². The molecular formula is C21H21F3N2O4. The Morgan fingerprint density at radius 3 is 2.50 bits per heavy atom. The van der Waals surface area contributed by atoms with Crippen LogP contribution < -0.4 is 10.1 Å². The smallest absolute Gasteiger partial charge is 0.481 e. The number of nitrogens with one attached hydrogen (secondary N) is 1. The molecule has 0 saturated heterocycles. The van der Waals surface area contributed by atoms with Crippen LogP contribution in [-0.4, -0.2) is 35.5 Å². The van der Waals surface area contributed by atoms with Crippen molar-refractivity contribution in [3.63, 3.8) is 0 Å². The number of benzene rings is 2. The largest absolute Gasteiger partial charge is 0.573 e. The minimum atomic E-state index is -4.75. The number of aryl methyl sites for hydroxylation is 2. The summed E-state index contributed by atoms with van der Waals surface area (Å²) in [5.74, 6) is -1.17. The zero-order valence-corrected chi connectivity index (χ0v) is 16.4. The van der Waals surface area contributed by atoms with E-state index in [0.717, 1.165) is 22.3 Å². The highest BCUT2D eigenvalue weighted by molar-refractivity contribution is 5.84. The first-order chi connectivity index (χ1) is 14.1. The minimum absolute atomic E-state index is 0.0123. The highest BCUT2D eigenvalue weighted by Gasteiger charge is 2.31. The topological polar surface area (TPSA) is 80.6 Å². The van der Waals surface area contributed by atoms with E-state index in [1.54, 1.807) is 19.2 Å². The molecule has 0 aliphatic heterocycles. The van der Waals surface area contributed by atoms with Gasteiger partial charge in [0.25, 0.3) is 0 Å². The number of nitrogens with zero attached hydrogens (tertiary/aromatic N) is 1. The van der Waals surface area contributed by atoms with E-state index in [4.69, 9.17) is 9.90 Å². The Bertz CT molecular complexity index is 1030. The van der Waals surface area contributed by atoms with Crippen LogP contribution in [0, 0.1) is 6.92 Å². The number of amides is 1. The van der Waals surface area contributed by atoms with Crippen molar-refractivity contribution in [1.82, 2.24) is 9.88 Å². The van der Waals surface area contributed by atoms with E-state index < -0.39 is 12.3 Å². The van der Waals surface area contributed by atoms with E-state index in [1.165, 1.54) is 12.1 Å². The number of ether oxygens (including phenoxy) is 1. The van der Waals surface area contributed by atoms with Crippen molar-refractivity contribution < 1.29 is 32.6 Å². The molecule has 0 radical (unpaired) electrons. The van der Waals surface area contributed by atoms with Crippen molar-refractivity contribution in [3.05, 3.63) is 59.8 Å². The Morgan fingerprint density at radius 2 is 1.90 bits per heavy atom. The van der Waals surface area contributed by atoms with Crippen LogP contribution in [0.25, 0.3) is 16.6 Å². The summed E-state index contributed by atoms with van der Waals surface area (Å²) in [4.78, 5) is 19.8. The van der Waals surface area contributed by atoms with E-state index >= 15 is 0 Å². The summed E-state index contributed by atoms with van der Waals surface area (Å²) in [6, 6.07) is 13.4. The predicted octanol–water partition coefficient (Wildman–Crippen LogP) is 4.22. The number of carbonyl (C=O) groups is 2. The van der Waals surface area contributed by atoms with Gasteiger partial charge in [0.2, 0.25) is 6.41 Å². The molecule has 0 spiro atoms. The molecule has 6 nitrogen and oxygen atoms in total. The lowest BCUT2D eigenvalue weighted by molar-refractivity contribution is -0.274. The number of rotatable bonds is 6. The zero-order chi connectivity index (χ0) is 22.3. The molecule has 0 fully saturated rings. The zero-order valence-electron chi connectivity index (χ0n) is 16.4. The van der Waals surface area contributed by atoms with E-state index in [1.807, 2.05) is 35.8 Å². The Kier molecular flexibility index (Phi) is 7.46. The maximum absolute atomic E-state index is 12.5. The Balaban J connectivity index is 0.000000735. The van der Waals surface area contributed by atoms with Crippen molar-refractivity contribution >= 4 is 23.3 Å². The summed E-state index contributed by atoms with van der Waals surface area (Å²) in [6.07, 6.45) is -3.74. The maximum atomic E-state index is 12.5. The van der Waals surface area contributed by atoms with Gasteiger partial charge in [0.1, 0.15) is 5.75 Å². The van der Waals surface area contributed by atoms with Gasteiger partial charge in [-0.2, -0.15) is 0 Å². The van der Waals surface area contributed by atoms with Crippen LogP contribution >= 0.6 is 0 Å². The van der Waals surface area contributed by atoms with Gasteiger partial charge >= 0.3 is 12.3 Å². The van der Waals surface area contributed by atoms with Gasteiger partial charge in [0.15, 0.2) is 0 Å². The summed E-state index contributed by atoms with van der Waals surface area (Å²) in [5, 5.41) is 11.9. The molecule has 2 N–H and O–H groups in total. The average Bonchev–Trinajstić information content (AvgIpc) is 3.00. The van der Waals surface area contributed by atoms with Gasteiger partial charge < -0.3 is 19.7 Å². The molecule has 0 saturated carbocycles. The summed E-state index contributed by atoms with van der Waals surface area (Å²) in [5.41, 5.74) is 3.03. The lowest BCUT2D eigenvalue weighted by Crippen LogP contribution is -2.17. The van der Waals surface area contributed by atoms with Gasteiger partial charge in [-0.25, -0.2) is 0 Å². The molecule has 0 bridgehead atoms. The van der Waals surface area contributed by atoms with Gasteiger partial charge in [-0.05, 0) is 49.2 Å². The number of alkyl halides is 3. The number of halogens is 3. The standard InChI is InChI=1S/C19H16F3NO3.C2H5NO/c1-12-9-14-6-7-16(26-19(20,21)22)11-17(14)23(12)15-4-2-3-13(10-15)5-8-18(24)25;1-3-2-4/h2-4,6-7,9-11H,5,8H2,1H3,(H,24,25);2H,1H3,(H,3,4). The minimum Gasteiger partial charge on any atom is -0.481 e. The van der Waals surface area contributed by atoms with E-state index in [2.05, 4.69) is 10.1 Å². The van der Waals surface area contributed by atoms with Gasteiger partial charge in [0, 0.05) is 36.3 Å². The van der Waals surface area contributed by atoms with Gasteiger partial charge in [-0.1, -0.05) is 12.1 Å². The summed E-state index contributed by atoms with van der Waals surface area (Å²) in [6.45, 7) is 1.86. The summed E-state index contributed by atoms with van der Waals surface area (Å²) in [7, 11) is 1.56. The Hall–Kier alpha value is -3.49. The average molecular weight is 422 g/mol. The quantitative estimate of drug-likeness (QED) is 0.583. The first-order valence-corrected chi connectivity index (χ1v) is 8.94. The number of carboxylic acids is 1. The number of aliphatic carboxylic acids is 1. The number of aromatic nitrogens is 1. The van der Waals surface area contributed by atoms with E-state index in [9.17, 15) is 18.0 Å². The van der Waals surface area contributed by atoms with Gasteiger partial charge in [0.05, 0.1) is 5.52 Å². The summed E-state index contributed by atoms with van der Waals surface area (Å²) < 4.78 is 43.3. The van der Waals surface area contributed by atoms with Crippen LogP contribution in [0.4, 0.5) is 13.2 Å². The first-order valence-electron chi connectivity index (χ1n) is 8.94. The van der Waals surface area contributed by atoms with E-state index in [0.29, 0.717) is 18.3 Å². The molecule has 3 aromatic rings. The predicted molar refractivity (Wildman–Crippen MR) is 106 cm³/mol. The second-order valence-corrected chi connectivity index (χ2v) is 6.36. The van der Waals surface area contributed by atoms with Crippen LogP contribution in [0.15, 0.2) is 48.5 Å². The highest BCUT2D eigenvalue weighted by Crippen LogP contribution is 2.30. The van der Waals surface area contributed by atoms with E-state index in [-0.39, 0.29) is 12.2 Å². The van der Waals surface area contributed by atoms with Gasteiger partial charge in [-0.15, -0.1) is 13.2 Å². The van der Waals surface area contributed by atoms with Crippen LogP contribution in [0.3, 0.4) is 0 Å². The molecule has 2 aromatic carbocycles. The monoisotopic (exact) mass is 422 g/mol. The number of carboxylic acid groups (broad SMARTS) is 1. The molecule has 160 valence electrons. The molecule has 1 heterocycles. The third-order valence-corrected chi connectivity index (χ3v) is 4.11. The molecule has 0 aliphatic carbocycles. The molecule has 0 atom stereocenters. The SMILES string of the molecule is CNC=O.Cc1cc2ccc(OC(F)(F)F)cc2n1-c1cccc(CCC(=O)O)c1. The van der Waals surface area contributed by atoms with Crippen LogP contribution in [0.5, 0.6) is 5.75 Å². The van der Waals surface area contributed by atoms with Crippen LogP contribution in [-0.2, 0) is 16.0 Å². The van der Waals surface area contributed by atoms with Crippen LogP contribution in [0.1, 0.15) is 17.7 Å². The molecule has 3 rings (SSSR count). The van der Waals surface area contributed by atoms with Crippen molar-refractivity contribution in [1.29, 1.82) is 0 Å². The molecule has 0 aliphatic rings. The third-order valence-electron chi connectivity index (χ3n) is 4.11. The number of fused-ring (bicyclic) bond motifs is 1. The molecular weight excluding hydrogens is 401 g/mol. The van der Waals surface area contributed by atoms with Crippen LogP contribution in [0.2, 0.25) is 0 Å². The lowest BCUT2D eigenvalue weighted by atomic mass is 10.1. The third kappa shape index (κ3) is 6.26. The van der Waals surface area contributed by atoms with Crippen molar-refractivity contribution in [2.75, 3.05) is 7.05 Å². The highest BCUT2D eigenvalue weighted by atomic mass is 19.4. The molecule has 1 aromatic heterocycles.